The minimum atomic E-state index is -0.244. The second kappa shape index (κ2) is 10.5. The lowest BCUT2D eigenvalue weighted by Crippen LogP contribution is -2.22. The summed E-state index contributed by atoms with van der Waals surface area (Å²) < 4.78 is 17.7. The van der Waals surface area contributed by atoms with Crippen molar-refractivity contribution >= 4 is 5.78 Å². The summed E-state index contributed by atoms with van der Waals surface area (Å²) in [6.45, 7) is 12.5. The summed E-state index contributed by atoms with van der Waals surface area (Å²) in [5.41, 5.74) is 2.31. The highest BCUT2D eigenvalue weighted by Gasteiger charge is 2.15. The van der Waals surface area contributed by atoms with Crippen molar-refractivity contribution in [1.29, 1.82) is 0 Å². The first-order valence-corrected chi connectivity index (χ1v) is 12.5. The molecule has 0 atom stereocenters. The summed E-state index contributed by atoms with van der Waals surface area (Å²) in [4.78, 5) is 12.9. The molecule has 0 N–H and O–H groups in total. The quantitative estimate of drug-likeness (QED) is 0.241. The van der Waals surface area contributed by atoms with Crippen molar-refractivity contribution in [3.63, 3.8) is 0 Å². The topological polar surface area (TPSA) is 44.8 Å². The first-order chi connectivity index (χ1) is 17.5. The van der Waals surface area contributed by atoms with Crippen LogP contribution in [0.15, 0.2) is 97.1 Å². The van der Waals surface area contributed by atoms with Gasteiger partial charge in [0.1, 0.15) is 34.3 Å². The molecule has 37 heavy (non-hydrogen) atoms. The number of carbonyl (C=O) groups excluding carboxylic acids is 1. The number of rotatable bonds is 7. The zero-order valence-corrected chi connectivity index (χ0v) is 22.4. The van der Waals surface area contributed by atoms with Crippen LogP contribution in [0.5, 0.6) is 28.7 Å². The predicted molar refractivity (Wildman–Crippen MR) is 148 cm³/mol. The van der Waals surface area contributed by atoms with Crippen LogP contribution < -0.4 is 14.2 Å². The first-order valence-electron chi connectivity index (χ1n) is 12.5. The Labute approximate surface area is 219 Å². The molecule has 0 bridgehead atoms. The highest BCUT2D eigenvalue weighted by atomic mass is 16.5. The summed E-state index contributed by atoms with van der Waals surface area (Å²) >= 11 is 0. The maximum absolute atomic E-state index is 12.9. The molecule has 190 valence electrons. The molecule has 0 amide bonds. The summed E-state index contributed by atoms with van der Waals surface area (Å²) in [5, 5.41) is 0. The number of benzene rings is 4. The molecular formula is C33H34O4. The molecule has 4 aromatic rings. The van der Waals surface area contributed by atoms with Crippen molar-refractivity contribution < 1.29 is 19.0 Å². The second-order valence-electron chi connectivity index (χ2n) is 11.0. The zero-order valence-electron chi connectivity index (χ0n) is 22.4. The molecule has 0 aliphatic carbocycles. The van der Waals surface area contributed by atoms with Crippen molar-refractivity contribution in [1.82, 2.24) is 0 Å². The molecule has 0 heterocycles. The Morgan fingerprint density at radius 1 is 0.486 bits per heavy atom. The van der Waals surface area contributed by atoms with E-state index in [4.69, 9.17) is 14.2 Å². The van der Waals surface area contributed by atoms with Gasteiger partial charge in [-0.15, -0.1) is 0 Å². The van der Waals surface area contributed by atoms with Crippen LogP contribution in [0.4, 0.5) is 0 Å². The van der Waals surface area contributed by atoms with E-state index in [0.29, 0.717) is 28.4 Å². The molecule has 0 unspecified atom stereocenters. The van der Waals surface area contributed by atoms with Gasteiger partial charge in [-0.2, -0.15) is 0 Å². The number of carbonyl (C=O) groups is 1. The lowest BCUT2D eigenvalue weighted by Gasteiger charge is -2.21. The van der Waals surface area contributed by atoms with E-state index in [1.807, 2.05) is 106 Å². The number of ether oxygens (including phenoxy) is 3. The minimum Gasteiger partial charge on any atom is -0.488 e. The highest BCUT2D eigenvalue weighted by Crippen LogP contribution is 2.29. The number of hydrogen-bond donors (Lipinski definition) is 0. The van der Waals surface area contributed by atoms with Crippen molar-refractivity contribution in [3.8, 4) is 28.7 Å². The summed E-state index contributed by atoms with van der Waals surface area (Å²) in [6, 6.07) is 30.0. The largest absolute Gasteiger partial charge is 0.488 e. The second-order valence-corrected chi connectivity index (χ2v) is 11.0. The fourth-order valence-corrected chi connectivity index (χ4v) is 3.74. The fourth-order valence-electron chi connectivity index (χ4n) is 3.74. The van der Waals surface area contributed by atoms with Gasteiger partial charge in [-0.25, -0.2) is 0 Å². The normalized spacial score (nSPS) is 11.6. The van der Waals surface area contributed by atoms with Gasteiger partial charge in [-0.1, -0.05) is 45.0 Å². The van der Waals surface area contributed by atoms with E-state index < -0.39 is 0 Å². The maximum atomic E-state index is 12.9. The lowest BCUT2D eigenvalue weighted by atomic mass is 9.86. The molecule has 0 aliphatic heterocycles. The van der Waals surface area contributed by atoms with E-state index in [-0.39, 0.29) is 16.8 Å². The Morgan fingerprint density at radius 2 is 0.811 bits per heavy atom. The maximum Gasteiger partial charge on any atom is 0.193 e. The Morgan fingerprint density at radius 3 is 1.16 bits per heavy atom. The number of ketones is 1. The molecule has 4 aromatic carbocycles. The van der Waals surface area contributed by atoms with Crippen LogP contribution in [0.2, 0.25) is 0 Å². The molecule has 0 fully saturated rings. The average molecular weight is 495 g/mol. The van der Waals surface area contributed by atoms with E-state index in [1.165, 1.54) is 5.56 Å². The Bertz CT molecular complexity index is 1320. The van der Waals surface area contributed by atoms with Gasteiger partial charge in [0, 0.05) is 11.1 Å². The van der Waals surface area contributed by atoms with Gasteiger partial charge in [-0.3, -0.25) is 4.79 Å². The monoisotopic (exact) mass is 494 g/mol. The van der Waals surface area contributed by atoms with Crippen LogP contribution in [0.3, 0.4) is 0 Å². The van der Waals surface area contributed by atoms with Gasteiger partial charge >= 0.3 is 0 Å². The molecule has 0 saturated carbocycles. The summed E-state index contributed by atoms with van der Waals surface area (Å²) in [5.74, 6) is 3.56. The molecule has 0 aromatic heterocycles. The van der Waals surface area contributed by atoms with Crippen LogP contribution in [0, 0.1) is 0 Å². The molecule has 4 nitrogen and oxygen atoms in total. The fraction of sp³-hybridized carbons (Fsp3) is 0.242. The average Bonchev–Trinajstić information content (AvgIpc) is 2.85. The van der Waals surface area contributed by atoms with Crippen LogP contribution >= 0.6 is 0 Å². The molecule has 0 aliphatic rings. The van der Waals surface area contributed by atoms with Crippen molar-refractivity contribution in [2.24, 2.45) is 0 Å². The van der Waals surface area contributed by atoms with Crippen LogP contribution in [-0.2, 0) is 5.41 Å². The molecular weight excluding hydrogens is 460 g/mol. The van der Waals surface area contributed by atoms with Gasteiger partial charge in [0.25, 0.3) is 0 Å². The van der Waals surface area contributed by atoms with Gasteiger partial charge in [0.15, 0.2) is 5.78 Å². The SMILES string of the molecule is CC(C)(C)Oc1ccc(Oc2ccc(Oc3ccc(C(=O)c4ccc(C(C)(C)C)cc4)cc3)cc2)cc1. The van der Waals surface area contributed by atoms with Gasteiger partial charge in [-0.05, 0) is 105 Å². The van der Waals surface area contributed by atoms with E-state index in [2.05, 4.69) is 20.8 Å². The van der Waals surface area contributed by atoms with E-state index in [1.54, 1.807) is 12.1 Å². The van der Waals surface area contributed by atoms with Crippen LogP contribution in [0.25, 0.3) is 0 Å². The summed E-state index contributed by atoms with van der Waals surface area (Å²) in [7, 11) is 0. The zero-order chi connectivity index (χ0) is 26.6. The number of hydrogen-bond acceptors (Lipinski definition) is 4. The first kappa shape index (κ1) is 26.0. The van der Waals surface area contributed by atoms with E-state index in [9.17, 15) is 4.79 Å². The van der Waals surface area contributed by atoms with Crippen LogP contribution in [-0.4, -0.2) is 11.4 Å². The van der Waals surface area contributed by atoms with Gasteiger partial charge in [0.05, 0.1) is 0 Å². The molecule has 0 saturated heterocycles. The molecule has 4 heteroatoms. The Kier molecular flexibility index (Phi) is 7.40. The van der Waals surface area contributed by atoms with E-state index in [0.717, 1.165) is 11.5 Å². The molecule has 0 spiro atoms. The molecule has 4 rings (SSSR count). The Balaban J connectivity index is 1.35. The smallest absolute Gasteiger partial charge is 0.193 e. The Hall–Kier alpha value is -4.05. The third-order valence-electron chi connectivity index (χ3n) is 5.67. The minimum absolute atomic E-state index is 0.00786. The van der Waals surface area contributed by atoms with Gasteiger partial charge in [0.2, 0.25) is 0 Å². The lowest BCUT2D eigenvalue weighted by molar-refractivity contribution is 0.103. The predicted octanol–water partition coefficient (Wildman–Crippen LogP) is 8.98. The highest BCUT2D eigenvalue weighted by molar-refractivity contribution is 6.09. The third-order valence-corrected chi connectivity index (χ3v) is 5.67. The molecule has 0 radical (unpaired) electrons. The van der Waals surface area contributed by atoms with Crippen LogP contribution in [0.1, 0.15) is 63.0 Å². The van der Waals surface area contributed by atoms with Crippen molar-refractivity contribution in [3.05, 3.63) is 114 Å². The third kappa shape index (κ3) is 7.23. The van der Waals surface area contributed by atoms with Gasteiger partial charge < -0.3 is 14.2 Å². The summed E-state index contributed by atoms with van der Waals surface area (Å²) in [6.07, 6.45) is 0. The van der Waals surface area contributed by atoms with Crippen molar-refractivity contribution in [2.75, 3.05) is 0 Å². The van der Waals surface area contributed by atoms with E-state index >= 15 is 0 Å². The van der Waals surface area contributed by atoms with Crippen molar-refractivity contribution in [2.45, 2.75) is 52.6 Å². The standard InChI is InChI=1S/C33H34O4/c1-32(2,3)25-11-7-23(8-12-25)31(34)24-9-13-26(14-10-24)35-27-15-17-28(18-16-27)36-29-19-21-30(22-20-29)37-33(4,5)6/h7-22H,1-6H3.